The maximum Gasteiger partial charge on any atom is 0.309 e. The number of methoxy groups -OCH3 is 1. The number of ether oxygens (including phenoxy) is 1. The molecule has 2 rings (SSSR count). The van der Waals surface area contributed by atoms with Crippen LogP contribution in [0, 0.1) is 5.92 Å². The lowest BCUT2D eigenvalue weighted by Crippen LogP contribution is -2.27. The molecule has 1 heterocycles. The van der Waals surface area contributed by atoms with E-state index in [-0.39, 0.29) is 17.8 Å². The Morgan fingerprint density at radius 3 is 2.94 bits per heavy atom. The Bertz CT molecular complexity index is 378. The summed E-state index contributed by atoms with van der Waals surface area (Å²) >= 11 is 3.45. The van der Waals surface area contributed by atoms with Gasteiger partial charge < -0.3 is 4.74 Å². The molecule has 1 aliphatic rings. The van der Waals surface area contributed by atoms with E-state index in [0.29, 0.717) is 0 Å². The van der Waals surface area contributed by atoms with Gasteiger partial charge in [0.05, 0.1) is 23.2 Å². The standard InChI is InChI=1S/C11H15BrN2O2/c1-16-11(15)8-5-3-2-4-7(8)10-9(12)6-13-14-10/h6-8H,2-5H2,1H3,(H,13,14)/t7-,8-/m1/s1. The van der Waals surface area contributed by atoms with Crippen LogP contribution < -0.4 is 0 Å². The Balaban J connectivity index is 2.23. The number of halogens is 1. The number of hydrogen-bond donors (Lipinski definition) is 1. The number of hydrogen-bond acceptors (Lipinski definition) is 3. The van der Waals surface area contributed by atoms with Crippen LogP contribution in [0.5, 0.6) is 0 Å². The zero-order valence-electron chi connectivity index (χ0n) is 9.20. The normalized spacial score (nSPS) is 25.4. The molecule has 88 valence electrons. The van der Waals surface area contributed by atoms with Gasteiger partial charge in [-0.2, -0.15) is 5.10 Å². The molecule has 0 amide bonds. The number of aromatic nitrogens is 2. The van der Waals surface area contributed by atoms with E-state index in [2.05, 4.69) is 26.1 Å². The Morgan fingerprint density at radius 1 is 1.56 bits per heavy atom. The third-order valence-corrected chi connectivity index (χ3v) is 3.88. The Hall–Kier alpha value is -0.840. The fourth-order valence-electron chi connectivity index (χ4n) is 2.44. The summed E-state index contributed by atoms with van der Waals surface area (Å²) in [6, 6.07) is 0. The van der Waals surface area contributed by atoms with E-state index in [9.17, 15) is 4.79 Å². The van der Waals surface area contributed by atoms with E-state index >= 15 is 0 Å². The van der Waals surface area contributed by atoms with Crippen LogP contribution in [0.25, 0.3) is 0 Å². The molecule has 0 saturated heterocycles. The van der Waals surface area contributed by atoms with Crippen molar-refractivity contribution in [2.75, 3.05) is 7.11 Å². The molecule has 1 N–H and O–H groups in total. The van der Waals surface area contributed by atoms with Gasteiger partial charge in [-0.3, -0.25) is 9.89 Å². The summed E-state index contributed by atoms with van der Waals surface area (Å²) < 4.78 is 5.82. The highest BCUT2D eigenvalue weighted by Gasteiger charge is 2.35. The first-order valence-electron chi connectivity index (χ1n) is 5.51. The minimum atomic E-state index is -0.111. The van der Waals surface area contributed by atoms with E-state index in [4.69, 9.17) is 4.74 Å². The van der Waals surface area contributed by atoms with Gasteiger partial charge >= 0.3 is 5.97 Å². The summed E-state index contributed by atoms with van der Waals surface area (Å²) in [7, 11) is 1.45. The van der Waals surface area contributed by atoms with Crippen LogP contribution >= 0.6 is 15.9 Å². The molecule has 0 spiro atoms. The smallest absolute Gasteiger partial charge is 0.309 e. The molecule has 2 atom stereocenters. The lowest BCUT2D eigenvalue weighted by molar-refractivity contribution is -0.147. The fourth-order valence-corrected chi connectivity index (χ4v) is 2.92. The molecule has 0 aliphatic heterocycles. The second kappa shape index (κ2) is 4.99. The number of esters is 1. The van der Waals surface area contributed by atoms with Crippen molar-refractivity contribution in [1.29, 1.82) is 0 Å². The van der Waals surface area contributed by atoms with Crippen LogP contribution in [0.3, 0.4) is 0 Å². The van der Waals surface area contributed by atoms with Gasteiger partial charge in [-0.15, -0.1) is 0 Å². The van der Waals surface area contributed by atoms with Gasteiger partial charge in [0, 0.05) is 12.1 Å². The van der Waals surface area contributed by atoms with Crippen LogP contribution in [0.15, 0.2) is 10.7 Å². The second-order valence-corrected chi connectivity index (χ2v) is 4.99. The number of nitrogens with one attached hydrogen (secondary N) is 1. The van der Waals surface area contributed by atoms with Crippen molar-refractivity contribution in [3.8, 4) is 0 Å². The van der Waals surface area contributed by atoms with Gasteiger partial charge in [0.25, 0.3) is 0 Å². The largest absolute Gasteiger partial charge is 0.469 e. The van der Waals surface area contributed by atoms with Crippen LogP contribution in [0.1, 0.15) is 37.3 Å². The van der Waals surface area contributed by atoms with E-state index in [1.807, 2.05) is 0 Å². The van der Waals surface area contributed by atoms with Crippen LogP contribution in [0.4, 0.5) is 0 Å². The van der Waals surface area contributed by atoms with Crippen molar-refractivity contribution >= 4 is 21.9 Å². The Morgan fingerprint density at radius 2 is 2.31 bits per heavy atom. The van der Waals surface area contributed by atoms with Crippen LogP contribution in [0.2, 0.25) is 0 Å². The van der Waals surface area contributed by atoms with Crippen molar-refractivity contribution in [2.45, 2.75) is 31.6 Å². The molecule has 1 saturated carbocycles. The molecule has 0 aromatic carbocycles. The van der Waals surface area contributed by atoms with Gasteiger partial charge in [0.2, 0.25) is 0 Å². The maximum absolute atomic E-state index is 11.7. The van der Waals surface area contributed by atoms with Gasteiger partial charge in [0.15, 0.2) is 0 Å². The monoisotopic (exact) mass is 286 g/mol. The minimum Gasteiger partial charge on any atom is -0.469 e. The summed E-state index contributed by atoms with van der Waals surface area (Å²) in [5, 5.41) is 7.05. The van der Waals surface area contributed by atoms with Crippen molar-refractivity contribution < 1.29 is 9.53 Å². The molecule has 0 unspecified atom stereocenters. The minimum absolute atomic E-state index is 0.0432. The average Bonchev–Trinajstić information content (AvgIpc) is 2.74. The molecule has 0 radical (unpaired) electrons. The molecule has 1 aliphatic carbocycles. The Kier molecular flexibility index (Phi) is 3.63. The fraction of sp³-hybridized carbons (Fsp3) is 0.636. The van der Waals surface area contributed by atoms with Crippen molar-refractivity contribution in [1.82, 2.24) is 10.2 Å². The molecule has 0 bridgehead atoms. The predicted molar refractivity (Wildman–Crippen MR) is 63.0 cm³/mol. The number of rotatable bonds is 2. The highest BCUT2D eigenvalue weighted by molar-refractivity contribution is 9.10. The molecule has 1 aromatic rings. The summed E-state index contributed by atoms with van der Waals surface area (Å²) in [6.07, 6.45) is 5.95. The predicted octanol–water partition coefficient (Wildman–Crippen LogP) is 2.62. The second-order valence-electron chi connectivity index (χ2n) is 4.14. The average molecular weight is 287 g/mol. The van der Waals surface area contributed by atoms with E-state index in [1.165, 1.54) is 7.11 Å². The molecular weight excluding hydrogens is 272 g/mol. The first-order chi connectivity index (χ1) is 7.74. The maximum atomic E-state index is 11.7. The lowest BCUT2D eigenvalue weighted by Gasteiger charge is -2.28. The Labute approximate surface area is 103 Å². The molecule has 16 heavy (non-hydrogen) atoms. The lowest BCUT2D eigenvalue weighted by atomic mass is 9.77. The zero-order valence-corrected chi connectivity index (χ0v) is 10.8. The highest BCUT2D eigenvalue weighted by atomic mass is 79.9. The first-order valence-corrected chi connectivity index (χ1v) is 6.30. The summed E-state index contributed by atoms with van der Waals surface area (Å²) in [4.78, 5) is 11.7. The molecule has 1 fully saturated rings. The SMILES string of the molecule is COC(=O)[C@@H]1CCCC[C@H]1c1n[nH]cc1Br. The van der Waals surface area contributed by atoms with Crippen LogP contribution in [-0.2, 0) is 9.53 Å². The number of carbonyl (C=O) groups is 1. The summed E-state index contributed by atoms with van der Waals surface area (Å²) in [5.41, 5.74) is 0.954. The third-order valence-electron chi connectivity index (χ3n) is 3.24. The molecular formula is C11H15BrN2O2. The molecule has 5 heteroatoms. The quantitative estimate of drug-likeness (QED) is 0.851. The number of H-pyrrole nitrogens is 1. The van der Waals surface area contributed by atoms with Crippen molar-refractivity contribution in [3.63, 3.8) is 0 Å². The van der Waals surface area contributed by atoms with Gasteiger partial charge in [-0.25, -0.2) is 0 Å². The topological polar surface area (TPSA) is 55.0 Å². The van der Waals surface area contributed by atoms with E-state index < -0.39 is 0 Å². The van der Waals surface area contributed by atoms with Crippen molar-refractivity contribution in [3.05, 3.63) is 16.4 Å². The number of aromatic amines is 1. The molecule has 1 aromatic heterocycles. The number of nitrogens with zero attached hydrogens (tertiary/aromatic N) is 1. The van der Waals surface area contributed by atoms with Gasteiger partial charge in [-0.05, 0) is 28.8 Å². The first kappa shape index (κ1) is 11.6. The summed E-state index contributed by atoms with van der Waals surface area (Å²) in [6.45, 7) is 0. The highest BCUT2D eigenvalue weighted by Crippen LogP contribution is 2.39. The molecule has 4 nitrogen and oxygen atoms in total. The summed E-state index contributed by atoms with van der Waals surface area (Å²) in [5.74, 6) is 0.0276. The van der Waals surface area contributed by atoms with E-state index in [0.717, 1.165) is 35.8 Å². The van der Waals surface area contributed by atoms with Crippen molar-refractivity contribution in [2.24, 2.45) is 5.92 Å². The zero-order chi connectivity index (χ0) is 11.5. The van der Waals surface area contributed by atoms with Crippen LogP contribution in [-0.4, -0.2) is 23.3 Å². The van der Waals surface area contributed by atoms with Gasteiger partial charge in [-0.1, -0.05) is 12.8 Å². The van der Waals surface area contributed by atoms with Gasteiger partial charge in [0.1, 0.15) is 0 Å². The third kappa shape index (κ3) is 2.14. The number of carbonyl (C=O) groups excluding carboxylic acids is 1. The van der Waals surface area contributed by atoms with E-state index in [1.54, 1.807) is 6.20 Å².